The van der Waals surface area contributed by atoms with Crippen LogP contribution >= 0.6 is 0 Å². The molecule has 1 atom stereocenters. The number of aryl methyl sites for hydroxylation is 1. The summed E-state index contributed by atoms with van der Waals surface area (Å²) in [6.07, 6.45) is 1.09. The van der Waals surface area contributed by atoms with E-state index in [4.69, 9.17) is 15.2 Å². The lowest BCUT2D eigenvalue weighted by atomic mass is 10.1. The van der Waals surface area contributed by atoms with Crippen LogP contribution in [0.3, 0.4) is 0 Å². The van der Waals surface area contributed by atoms with Crippen molar-refractivity contribution in [2.45, 2.75) is 40.2 Å². The van der Waals surface area contributed by atoms with Gasteiger partial charge in [-0.25, -0.2) is 0 Å². The first kappa shape index (κ1) is 16.0. The molecule has 0 spiro atoms. The summed E-state index contributed by atoms with van der Waals surface area (Å²) in [4.78, 5) is 0. The van der Waals surface area contributed by atoms with Gasteiger partial charge in [-0.3, -0.25) is 0 Å². The zero-order valence-electron chi connectivity index (χ0n) is 12.6. The van der Waals surface area contributed by atoms with Crippen molar-refractivity contribution in [2.75, 3.05) is 19.8 Å². The van der Waals surface area contributed by atoms with Gasteiger partial charge in [0.15, 0.2) is 0 Å². The summed E-state index contributed by atoms with van der Waals surface area (Å²) in [6.45, 7) is 10.4. The van der Waals surface area contributed by atoms with Gasteiger partial charge in [0.25, 0.3) is 0 Å². The molecule has 0 aliphatic heterocycles. The minimum atomic E-state index is -0.0162. The highest BCUT2D eigenvalue weighted by Crippen LogP contribution is 2.24. The number of hydrogen-bond acceptors (Lipinski definition) is 3. The summed E-state index contributed by atoms with van der Waals surface area (Å²) in [7, 11) is 0. The van der Waals surface area contributed by atoms with Gasteiger partial charge in [0.1, 0.15) is 12.4 Å². The van der Waals surface area contributed by atoms with Gasteiger partial charge in [0.05, 0.1) is 6.61 Å². The maximum atomic E-state index is 5.94. The lowest BCUT2D eigenvalue weighted by molar-refractivity contribution is 0.0921. The van der Waals surface area contributed by atoms with Crippen LogP contribution in [-0.2, 0) is 4.74 Å². The Labute approximate surface area is 117 Å². The molecule has 0 aromatic heterocycles. The number of benzene rings is 1. The van der Waals surface area contributed by atoms with Gasteiger partial charge in [-0.05, 0) is 37.8 Å². The summed E-state index contributed by atoms with van der Waals surface area (Å²) in [5, 5.41) is 0. The average molecular weight is 265 g/mol. The number of ether oxygens (including phenoxy) is 2. The van der Waals surface area contributed by atoms with Crippen LogP contribution in [0.1, 0.15) is 44.4 Å². The fourth-order valence-electron chi connectivity index (χ4n) is 1.77. The van der Waals surface area contributed by atoms with E-state index in [-0.39, 0.29) is 6.04 Å². The minimum Gasteiger partial charge on any atom is -0.491 e. The fraction of sp³-hybridized carbons (Fsp3) is 0.625. The molecule has 1 rings (SSSR count). The third-order valence-electron chi connectivity index (χ3n) is 2.98. The predicted molar refractivity (Wildman–Crippen MR) is 79.6 cm³/mol. The van der Waals surface area contributed by atoms with Crippen molar-refractivity contribution < 1.29 is 9.47 Å². The second-order valence-electron chi connectivity index (χ2n) is 5.47. The molecule has 0 amide bonds. The normalized spacial score (nSPS) is 12.7. The summed E-state index contributed by atoms with van der Waals surface area (Å²) in [5.41, 5.74) is 8.17. The number of nitrogens with two attached hydrogens (primary N) is 1. The lowest BCUT2D eigenvalue weighted by Crippen LogP contribution is -2.12. The molecule has 108 valence electrons. The first-order valence-electron chi connectivity index (χ1n) is 7.07. The predicted octanol–water partition coefficient (Wildman–Crippen LogP) is 3.46. The molecule has 3 nitrogen and oxygen atoms in total. The van der Waals surface area contributed by atoms with Crippen LogP contribution in [-0.4, -0.2) is 19.8 Å². The van der Waals surface area contributed by atoms with Crippen molar-refractivity contribution in [1.29, 1.82) is 0 Å². The van der Waals surface area contributed by atoms with Crippen molar-refractivity contribution in [3.8, 4) is 5.75 Å². The number of rotatable bonds is 8. The van der Waals surface area contributed by atoms with Crippen LogP contribution in [0.2, 0.25) is 0 Å². The molecule has 0 fully saturated rings. The van der Waals surface area contributed by atoms with Gasteiger partial charge in [0, 0.05) is 18.2 Å². The standard InChI is InChI=1S/C16H27NO2/c1-12(2)7-8-18-9-10-19-16-11-13(3)5-6-15(16)14(4)17/h5-6,11-12,14H,7-10,17H2,1-4H3/t14-/m1/s1. The van der Waals surface area contributed by atoms with Gasteiger partial charge in [-0.15, -0.1) is 0 Å². The molecule has 0 radical (unpaired) electrons. The highest BCUT2D eigenvalue weighted by molar-refractivity contribution is 5.38. The van der Waals surface area contributed by atoms with Gasteiger partial charge >= 0.3 is 0 Å². The smallest absolute Gasteiger partial charge is 0.124 e. The largest absolute Gasteiger partial charge is 0.491 e. The Kier molecular flexibility index (Phi) is 6.89. The SMILES string of the molecule is Cc1ccc([C@@H](C)N)c(OCCOCCC(C)C)c1. The van der Waals surface area contributed by atoms with Crippen LogP contribution in [0.25, 0.3) is 0 Å². The third kappa shape index (κ3) is 6.08. The van der Waals surface area contributed by atoms with E-state index in [9.17, 15) is 0 Å². The average Bonchev–Trinajstić information content (AvgIpc) is 2.33. The quantitative estimate of drug-likeness (QED) is 0.732. The van der Waals surface area contributed by atoms with Crippen molar-refractivity contribution >= 4 is 0 Å². The number of hydrogen-bond donors (Lipinski definition) is 1. The molecule has 0 saturated carbocycles. The molecule has 0 heterocycles. The van der Waals surface area contributed by atoms with Crippen LogP contribution in [0.4, 0.5) is 0 Å². The molecular formula is C16H27NO2. The van der Waals surface area contributed by atoms with E-state index in [1.54, 1.807) is 0 Å². The van der Waals surface area contributed by atoms with Crippen molar-refractivity contribution in [3.05, 3.63) is 29.3 Å². The summed E-state index contributed by atoms with van der Waals surface area (Å²) in [5.74, 6) is 1.56. The molecule has 19 heavy (non-hydrogen) atoms. The Balaban J connectivity index is 2.38. The summed E-state index contributed by atoms with van der Waals surface area (Å²) in [6, 6.07) is 6.12. The van der Waals surface area contributed by atoms with Crippen LogP contribution < -0.4 is 10.5 Å². The van der Waals surface area contributed by atoms with E-state index >= 15 is 0 Å². The van der Waals surface area contributed by atoms with Gasteiger partial charge < -0.3 is 15.2 Å². The Morgan fingerprint density at radius 1 is 1.11 bits per heavy atom. The van der Waals surface area contributed by atoms with Crippen molar-refractivity contribution in [1.82, 2.24) is 0 Å². The van der Waals surface area contributed by atoms with E-state index < -0.39 is 0 Å². The zero-order chi connectivity index (χ0) is 14.3. The molecule has 1 aromatic rings. The molecular weight excluding hydrogens is 238 g/mol. The topological polar surface area (TPSA) is 44.5 Å². The Morgan fingerprint density at radius 2 is 1.84 bits per heavy atom. The van der Waals surface area contributed by atoms with Crippen molar-refractivity contribution in [3.63, 3.8) is 0 Å². The molecule has 2 N–H and O–H groups in total. The Hall–Kier alpha value is -1.06. The molecule has 0 aliphatic rings. The Bertz CT molecular complexity index is 375. The summed E-state index contributed by atoms with van der Waals surface area (Å²) < 4.78 is 11.3. The minimum absolute atomic E-state index is 0.0162. The first-order valence-corrected chi connectivity index (χ1v) is 7.07. The van der Waals surface area contributed by atoms with E-state index in [1.165, 1.54) is 5.56 Å². The van der Waals surface area contributed by atoms with Crippen LogP contribution in [0.15, 0.2) is 18.2 Å². The van der Waals surface area contributed by atoms with Crippen molar-refractivity contribution in [2.24, 2.45) is 11.7 Å². The monoisotopic (exact) mass is 265 g/mol. The first-order chi connectivity index (χ1) is 9.00. The maximum Gasteiger partial charge on any atom is 0.124 e. The molecule has 3 heteroatoms. The zero-order valence-corrected chi connectivity index (χ0v) is 12.6. The van der Waals surface area contributed by atoms with E-state index in [2.05, 4.69) is 26.8 Å². The third-order valence-corrected chi connectivity index (χ3v) is 2.98. The van der Waals surface area contributed by atoms with Gasteiger partial charge in [0.2, 0.25) is 0 Å². The molecule has 0 unspecified atom stereocenters. The van der Waals surface area contributed by atoms with E-state index in [1.807, 2.05) is 19.1 Å². The molecule has 1 aromatic carbocycles. The molecule has 0 bridgehead atoms. The summed E-state index contributed by atoms with van der Waals surface area (Å²) >= 11 is 0. The van der Waals surface area contributed by atoms with Crippen LogP contribution in [0.5, 0.6) is 5.75 Å². The van der Waals surface area contributed by atoms with Gasteiger partial charge in [-0.1, -0.05) is 26.0 Å². The Morgan fingerprint density at radius 3 is 2.47 bits per heavy atom. The van der Waals surface area contributed by atoms with E-state index in [0.717, 1.165) is 24.3 Å². The highest BCUT2D eigenvalue weighted by atomic mass is 16.5. The second-order valence-corrected chi connectivity index (χ2v) is 5.47. The fourth-order valence-corrected chi connectivity index (χ4v) is 1.77. The highest BCUT2D eigenvalue weighted by Gasteiger charge is 2.08. The lowest BCUT2D eigenvalue weighted by Gasteiger charge is -2.15. The van der Waals surface area contributed by atoms with Gasteiger partial charge in [-0.2, -0.15) is 0 Å². The second kappa shape index (κ2) is 8.18. The molecule has 0 saturated heterocycles. The maximum absolute atomic E-state index is 5.94. The molecule has 0 aliphatic carbocycles. The van der Waals surface area contributed by atoms with Crippen LogP contribution in [0, 0.1) is 12.8 Å². The van der Waals surface area contributed by atoms with E-state index in [0.29, 0.717) is 19.1 Å².